The molecule has 0 fully saturated rings. The molecule has 0 saturated carbocycles. The van der Waals surface area contributed by atoms with E-state index in [9.17, 15) is 13.2 Å². The lowest BCUT2D eigenvalue weighted by molar-refractivity contribution is -0.119. The second-order valence-corrected chi connectivity index (χ2v) is 6.92. The summed E-state index contributed by atoms with van der Waals surface area (Å²) in [6, 6.07) is 6.23. The van der Waals surface area contributed by atoms with Crippen LogP contribution in [-0.2, 0) is 14.8 Å². The van der Waals surface area contributed by atoms with Gasteiger partial charge in [0.25, 0.3) is 0 Å². The topological polar surface area (TPSA) is 78.5 Å². The summed E-state index contributed by atoms with van der Waals surface area (Å²) in [5, 5.41) is 5.64. The number of carbonyl (C=O) groups excluding carboxylic acids is 1. The number of nitrogens with zero attached hydrogens (tertiary/aromatic N) is 1. The highest BCUT2D eigenvalue weighted by Gasteiger charge is 2.18. The van der Waals surface area contributed by atoms with Crippen molar-refractivity contribution < 1.29 is 13.2 Å². The van der Waals surface area contributed by atoms with Crippen molar-refractivity contribution in [1.82, 2.24) is 9.62 Å². The van der Waals surface area contributed by atoms with Gasteiger partial charge in [0.1, 0.15) is 0 Å². The third-order valence-corrected chi connectivity index (χ3v) is 4.65. The largest absolute Gasteiger partial charge is 0.326 e. The van der Waals surface area contributed by atoms with E-state index in [1.54, 1.807) is 26.1 Å². The minimum atomic E-state index is -3.50. The highest BCUT2D eigenvalue weighted by atomic mass is 35.5. The summed E-state index contributed by atoms with van der Waals surface area (Å²) in [4.78, 5) is 12.0. The van der Waals surface area contributed by atoms with Gasteiger partial charge in [0.2, 0.25) is 15.9 Å². The summed E-state index contributed by atoms with van der Waals surface area (Å²) in [5.74, 6) is -0.354. The molecule has 0 heterocycles. The van der Waals surface area contributed by atoms with Crippen molar-refractivity contribution in [3.8, 4) is 0 Å². The highest BCUT2D eigenvalue weighted by Crippen LogP contribution is 2.18. The molecule has 8 heteroatoms. The number of halogens is 1. The van der Waals surface area contributed by atoms with Crippen molar-refractivity contribution in [2.24, 2.45) is 5.92 Å². The molecule has 0 bridgehead atoms. The standard InChI is InChI=1S/C13H21N3O3S.ClH/c1-10(9-14-2)13(17)15-11-6-5-7-12(8-11)20(18,19)16(3)4;/h5-8,10,14H,9H2,1-4H3,(H,15,17);1H. The van der Waals surface area contributed by atoms with Crippen molar-refractivity contribution in [1.29, 1.82) is 0 Å². The van der Waals surface area contributed by atoms with E-state index in [0.29, 0.717) is 12.2 Å². The Morgan fingerprint density at radius 3 is 2.48 bits per heavy atom. The van der Waals surface area contributed by atoms with E-state index in [1.807, 2.05) is 0 Å². The highest BCUT2D eigenvalue weighted by molar-refractivity contribution is 7.89. The van der Waals surface area contributed by atoms with E-state index in [-0.39, 0.29) is 29.1 Å². The first-order chi connectivity index (χ1) is 9.28. The molecule has 6 nitrogen and oxygen atoms in total. The van der Waals surface area contributed by atoms with Gasteiger partial charge in [0.15, 0.2) is 0 Å². The molecule has 120 valence electrons. The Morgan fingerprint density at radius 2 is 1.95 bits per heavy atom. The van der Waals surface area contributed by atoms with E-state index in [0.717, 1.165) is 4.31 Å². The molecule has 0 saturated heterocycles. The number of rotatable bonds is 6. The van der Waals surface area contributed by atoms with Crippen molar-refractivity contribution in [3.05, 3.63) is 24.3 Å². The molecule has 0 aliphatic carbocycles. The van der Waals surface area contributed by atoms with Crippen LogP contribution in [-0.4, -0.2) is 46.3 Å². The van der Waals surface area contributed by atoms with Crippen molar-refractivity contribution in [2.75, 3.05) is 33.0 Å². The van der Waals surface area contributed by atoms with E-state index in [1.165, 1.54) is 26.2 Å². The van der Waals surface area contributed by atoms with Gasteiger partial charge in [-0.05, 0) is 25.2 Å². The van der Waals surface area contributed by atoms with E-state index in [2.05, 4.69) is 10.6 Å². The number of anilines is 1. The molecule has 0 radical (unpaired) electrons. The summed E-state index contributed by atoms with van der Waals surface area (Å²) in [6.45, 7) is 2.35. The van der Waals surface area contributed by atoms with Crippen LogP contribution < -0.4 is 10.6 Å². The fraction of sp³-hybridized carbons (Fsp3) is 0.462. The lowest BCUT2D eigenvalue weighted by atomic mass is 10.1. The number of hydrogen-bond donors (Lipinski definition) is 2. The van der Waals surface area contributed by atoms with Gasteiger partial charge in [0.05, 0.1) is 4.90 Å². The fourth-order valence-electron chi connectivity index (χ4n) is 1.61. The molecular formula is C13H22ClN3O3S. The second-order valence-electron chi connectivity index (χ2n) is 4.76. The molecular weight excluding hydrogens is 314 g/mol. The van der Waals surface area contributed by atoms with Crippen LogP contribution in [0.1, 0.15) is 6.92 Å². The third-order valence-electron chi connectivity index (χ3n) is 2.84. The Bertz CT molecular complexity index is 576. The number of sulfonamides is 1. The summed E-state index contributed by atoms with van der Waals surface area (Å²) in [7, 11) is 1.21. The Labute approximate surface area is 132 Å². The van der Waals surface area contributed by atoms with Crippen LogP contribution in [0.3, 0.4) is 0 Å². The zero-order valence-corrected chi connectivity index (χ0v) is 14.2. The smallest absolute Gasteiger partial charge is 0.242 e. The molecule has 1 aromatic carbocycles. The van der Waals surface area contributed by atoms with Gasteiger partial charge in [-0.25, -0.2) is 12.7 Å². The second kappa shape index (κ2) is 8.33. The number of hydrogen-bond acceptors (Lipinski definition) is 4. The minimum absolute atomic E-state index is 0. The Hall–Kier alpha value is -1.15. The first-order valence-corrected chi connectivity index (χ1v) is 7.71. The Morgan fingerprint density at radius 1 is 1.33 bits per heavy atom. The average molecular weight is 336 g/mol. The number of benzene rings is 1. The number of nitrogens with one attached hydrogen (secondary N) is 2. The summed E-state index contributed by atoms with van der Waals surface area (Å²) in [5.41, 5.74) is 0.473. The van der Waals surface area contributed by atoms with Crippen molar-refractivity contribution >= 4 is 34.0 Å². The average Bonchev–Trinajstić information content (AvgIpc) is 2.39. The van der Waals surface area contributed by atoms with Crippen LogP contribution in [0.2, 0.25) is 0 Å². The predicted octanol–water partition coefficient (Wildman–Crippen LogP) is 1.15. The van der Waals surface area contributed by atoms with Crippen LogP contribution in [0.5, 0.6) is 0 Å². The molecule has 0 aliphatic rings. The maximum atomic E-state index is 12.0. The number of carbonyl (C=O) groups is 1. The molecule has 0 aromatic heterocycles. The fourth-order valence-corrected chi connectivity index (χ4v) is 2.56. The molecule has 21 heavy (non-hydrogen) atoms. The molecule has 0 spiro atoms. The lowest BCUT2D eigenvalue weighted by Crippen LogP contribution is -2.28. The Balaban J connectivity index is 0.00000400. The number of amides is 1. The summed E-state index contributed by atoms with van der Waals surface area (Å²) >= 11 is 0. The van der Waals surface area contributed by atoms with Gasteiger partial charge in [-0.3, -0.25) is 4.79 Å². The first kappa shape index (κ1) is 19.9. The van der Waals surface area contributed by atoms with Crippen LogP contribution in [0, 0.1) is 5.92 Å². The maximum absolute atomic E-state index is 12.0. The maximum Gasteiger partial charge on any atom is 0.242 e. The van der Waals surface area contributed by atoms with E-state index >= 15 is 0 Å². The summed E-state index contributed by atoms with van der Waals surface area (Å²) in [6.07, 6.45) is 0. The third kappa shape index (κ3) is 5.28. The minimum Gasteiger partial charge on any atom is -0.326 e. The van der Waals surface area contributed by atoms with Gasteiger partial charge in [0, 0.05) is 32.2 Å². The van der Waals surface area contributed by atoms with Gasteiger partial charge in [-0.15, -0.1) is 12.4 Å². The van der Waals surface area contributed by atoms with Crippen LogP contribution in [0.25, 0.3) is 0 Å². The first-order valence-electron chi connectivity index (χ1n) is 6.27. The van der Waals surface area contributed by atoms with Gasteiger partial charge in [-0.2, -0.15) is 0 Å². The molecule has 1 amide bonds. The van der Waals surface area contributed by atoms with Gasteiger partial charge in [-0.1, -0.05) is 13.0 Å². The van der Waals surface area contributed by atoms with Crippen LogP contribution in [0.15, 0.2) is 29.2 Å². The van der Waals surface area contributed by atoms with Crippen LogP contribution >= 0.6 is 12.4 Å². The SMILES string of the molecule is CNCC(C)C(=O)Nc1cccc(S(=O)(=O)N(C)C)c1.Cl. The normalized spacial score (nSPS) is 12.6. The molecule has 1 atom stereocenters. The van der Waals surface area contributed by atoms with Gasteiger partial charge >= 0.3 is 0 Å². The molecule has 1 unspecified atom stereocenters. The quantitative estimate of drug-likeness (QED) is 0.817. The van der Waals surface area contributed by atoms with Gasteiger partial charge < -0.3 is 10.6 Å². The monoisotopic (exact) mass is 335 g/mol. The van der Waals surface area contributed by atoms with Crippen molar-refractivity contribution in [2.45, 2.75) is 11.8 Å². The molecule has 1 aromatic rings. The Kier molecular flexibility index (Phi) is 7.87. The van der Waals surface area contributed by atoms with E-state index in [4.69, 9.17) is 0 Å². The zero-order chi connectivity index (χ0) is 15.3. The molecule has 0 aliphatic heterocycles. The molecule has 2 N–H and O–H groups in total. The van der Waals surface area contributed by atoms with Crippen molar-refractivity contribution in [3.63, 3.8) is 0 Å². The lowest BCUT2D eigenvalue weighted by Gasteiger charge is -2.14. The summed E-state index contributed by atoms with van der Waals surface area (Å²) < 4.78 is 25.2. The molecule has 1 rings (SSSR count). The zero-order valence-electron chi connectivity index (χ0n) is 12.6. The van der Waals surface area contributed by atoms with Crippen LogP contribution in [0.4, 0.5) is 5.69 Å². The predicted molar refractivity (Wildman–Crippen MR) is 86.3 cm³/mol. The van der Waals surface area contributed by atoms with E-state index < -0.39 is 10.0 Å².